The van der Waals surface area contributed by atoms with Gasteiger partial charge in [-0.1, -0.05) is 47.5 Å². The van der Waals surface area contributed by atoms with E-state index in [0.717, 1.165) is 16.7 Å². The lowest BCUT2D eigenvalue weighted by atomic mass is 10.0. The molecule has 0 saturated heterocycles. The zero-order chi connectivity index (χ0) is 21.5. The van der Waals surface area contributed by atoms with Gasteiger partial charge in [-0.2, -0.15) is 5.26 Å². The zero-order valence-electron chi connectivity index (χ0n) is 16.2. The number of ether oxygens (including phenoxy) is 1. The third-order valence-corrected chi connectivity index (χ3v) is 4.53. The van der Waals surface area contributed by atoms with E-state index < -0.39 is 5.91 Å². The highest BCUT2D eigenvalue weighted by Gasteiger charge is 2.08. The number of aryl methyl sites for hydroxylation is 1. The molecule has 3 aromatic carbocycles. The van der Waals surface area contributed by atoms with Gasteiger partial charge in [-0.05, 0) is 60.5 Å². The van der Waals surface area contributed by atoms with E-state index in [9.17, 15) is 14.4 Å². The molecular formula is C24H18ClFN2O2. The first-order valence-corrected chi connectivity index (χ1v) is 9.49. The smallest absolute Gasteiger partial charge is 0.262 e. The maximum Gasteiger partial charge on any atom is 0.262 e. The van der Waals surface area contributed by atoms with E-state index in [1.165, 1.54) is 24.3 Å². The first kappa shape index (κ1) is 21.1. The first-order valence-electron chi connectivity index (χ1n) is 9.11. The quantitative estimate of drug-likeness (QED) is 0.400. The third kappa shape index (κ3) is 5.69. The molecule has 1 amide bonds. The molecule has 0 spiro atoms. The average molecular weight is 421 g/mol. The highest BCUT2D eigenvalue weighted by Crippen LogP contribution is 2.27. The summed E-state index contributed by atoms with van der Waals surface area (Å²) in [6.45, 7) is 1.73. The summed E-state index contributed by atoms with van der Waals surface area (Å²) >= 11 is 6.27. The van der Waals surface area contributed by atoms with E-state index in [2.05, 4.69) is 11.4 Å². The van der Waals surface area contributed by atoms with Gasteiger partial charge >= 0.3 is 0 Å². The number of carbonyl (C=O) groups excluding carboxylic acids is 1. The minimum Gasteiger partial charge on any atom is -0.482 e. The molecule has 0 fully saturated rings. The van der Waals surface area contributed by atoms with Crippen molar-refractivity contribution in [3.63, 3.8) is 0 Å². The summed E-state index contributed by atoms with van der Waals surface area (Å²) in [4.78, 5) is 12.0. The molecule has 1 N–H and O–H groups in total. The highest BCUT2D eigenvalue weighted by atomic mass is 35.5. The minimum atomic E-state index is -0.396. The fraction of sp³-hybridized carbons (Fsp3) is 0.0833. The van der Waals surface area contributed by atoms with Crippen molar-refractivity contribution in [2.75, 3.05) is 11.9 Å². The Bertz CT molecular complexity index is 1120. The van der Waals surface area contributed by atoms with Crippen molar-refractivity contribution in [2.24, 2.45) is 0 Å². The number of nitrogens with zero attached hydrogens (tertiary/aromatic N) is 1. The number of hydrogen-bond donors (Lipinski definition) is 1. The number of carbonyl (C=O) groups is 1. The molecule has 3 aromatic rings. The van der Waals surface area contributed by atoms with E-state index in [1.54, 1.807) is 24.3 Å². The Labute approximate surface area is 179 Å². The molecule has 0 aliphatic heterocycles. The van der Waals surface area contributed by atoms with Crippen LogP contribution in [0.4, 0.5) is 10.1 Å². The summed E-state index contributed by atoms with van der Waals surface area (Å²) in [6, 6.07) is 20.4. The van der Waals surface area contributed by atoms with Crippen LogP contribution in [0.25, 0.3) is 11.6 Å². The molecule has 0 saturated carbocycles. The Morgan fingerprint density at radius 1 is 1.13 bits per heavy atom. The molecule has 0 aromatic heterocycles. The molecule has 3 rings (SSSR count). The topological polar surface area (TPSA) is 62.1 Å². The normalized spacial score (nSPS) is 10.9. The second kappa shape index (κ2) is 9.73. The van der Waals surface area contributed by atoms with Gasteiger partial charge in [0.2, 0.25) is 0 Å². The summed E-state index contributed by atoms with van der Waals surface area (Å²) < 4.78 is 18.4. The lowest BCUT2D eigenvalue weighted by Crippen LogP contribution is -2.20. The standard InChI is InChI=1S/C24H18ClFN2O2/c1-16-2-5-18(6-3-16)19(14-27)12-17-4-11-23(22(25)13-17)30-15-24(29)28-21-9-7-20(26)8-10-21/h2-13H,15H2,1H3,(H,28,29)/b19-12-. The number of amides is 1. The lowest BCUT2D eigenvalue weighted by molar-refractivity contribution is -0.118. The molecule has 0 radical (unpaired) electrons. The largest absolute Gasteiger partial charge is 0.482 e. The first-order chi connectivity index (χ1) is 14.4. The summed E-state index contributed by atoms with van der Waals surface area (Å²) in [5, 5.41) is 12.4. The molecular weight excluding hydrogens is 403 g/mol. The summed E-state index contributed by atoms with van der Waals surface area (Å²) in [5.41, 5.74) is 3.65. The second-order valence-corrected chi connectivity index (χ2v) is 6.98. The van der Waals surface area contributed by atoms with Gasteiger partial charge in [-0.25, -0.2) is 4.39 Å². The number of nitrogens with one attached hydrogen (secondary N) is 1. The van der Waals surface area contributed by atoms with E-state index in [-0.39, 0.29) is 12.4 Å². The zero-order valence-corrected chi connectivity index (χ0v) is 16.9. The van der Waals surface area contributed by atoms with Gasteiger partial charge in [0, 0.05) is 5.69 Å². The van der Waals surface area contributed by atoms with Crippen LogP contribution in [0.1, 0.15) is 16.7 Å². The van der Waals surface area contributed by atoms with Gasteiger partial charge in [0.05, 0.1) is 16.7 Å². The maximum atomic E-state index is 12.9. The van der Waals surface area contributed by atoms with Gasteiger partial charge in [0.25, 0.3) is 5.91 Å². The molecule has 0 unspecified atom stereocenters. The molecule has 30 heavy (non-hydrogen) atoms. The Hall–Kier alpha value is -3.62. The Morgan fingerprint density at radius 2 is 1.83 bits per heavy atom. The maximum absolute atomic E-state index is 12.9. The lowest BCUT2D eigenvalue weighted by Gasteiger charge is -2.09. The average Bonchev–Trinajstić information content (AvgIpc) is 2.74. The summed E-state index contributed by atoms with van der Waals surface area (Å²) in [7, 11) is 0. The van der Waals surface area contributed by atoms with Crippen LogP contribution in [-0.2, 0) is 4.79 Å². The Kier molecular flexibility index (Phi) is 6.84. The van der Waals surface area contributed by atoms with Crippen molar-refractivity contribution in [3.8, 4) is 11.8 Å². The van der Waals surface area contributed by atoms with Crippen LogP contribution in [0.15, 0.2) is 66.7 Å². The van der Waals surface area contributed by atoms with Crippen LogP contribution >= 0.6 is 11.6 Å². The van der Waals surface area contributed by atoms with Crippen molar-refractivity contribution < 1.29 is 13.9 Å². The van der Waals surface area contributed by atoms with Gasteiger partial charge in [-0.3, -0.25) is 4.79 Å². The fourth-order valence-electron chi connectivity index (χ4n) is 2.68. The monoisotopic (exact) mass is 420 g/mol. The van der Waals surface area contributed by atoms with Gasteiger partial charge in [0.15, 0.2) is 6.61 Å². The number of hydrogen-bond acceptors (Lipinski definition) is 3. The van der Waals surface area contributed by atoms with Crippen molar-refractivity contribution in [1.29, 1.82) is 5.26 Å². The van der Waals surface area contributed by atoms with Gasteiger partial charge in [-0.15, -0.1) is 0 Å². The van der Waals surface area contributed by atoms with Gasteiger partial charge < -0.3 is 10.1 Å². The molecule has 0 aliphatic carbocycles. The highest BCUT2D eigenvalue weighted by molar-refractivity contribution is 6.32. The van der Waals surface area contributed by atoms with Crippen molar-refractivity contribution >= 4 is 34.8 Å². The van der Waals surface area contributed by atoms with Gasteiger partial charge in [0.1, 0.15) is 11.6 Å². The molecule has 150 valence electrons. The third-order valence-electron chi connectivity index (χ3n) is 4.24. The van der Waals surface area contributed by atoms with E-state index in [1.807, 2.05) is 31.2 Å². The van der Waals surface area contributed by atoms with Crippen LogP contribution in [0.5, 0.6) is 5.75 Å². The Morgan fingerprint density at radius 3 is 2.47 bits per heavy atom. The number of benzene rings is 3. The predicted molar refractivity (Wildman–Crippen MR) is 117 cm³/mol. The number of nitriles is 1. The van der Waals surface area contributed by atoms with Crippen LogP contribution in [0.3, 0.4) is 0 Å². The number of anilines is 1. The predicted octanol–water partition coefficient (Wildman–Crippen LogP) is 5.87. The van der Waals surface area contributed by atoms with Crippen LogP contribution < -0.4 is 10.1 Å². The molecule has 0 atom stereocenters. The molecule has 0 bridgehead atoms. The molecule has 4 nitrogen and oxygen atoms in total. The number of allylic oxidation sites excluding steroid dienone is 1. The van der Waals surface area contributed by atoms with Crippen LogP contribution in [-0.4, -0.2) is 12.5 Å². The van der Waals surface area contributed by atoms with Crippen LogP contribution in [0, 0.1) is 24.1 Å². The second-order valence-electron chi connectivity index (χ2n) is 6.57. The van der Waals surface area contributed by atoms with Crippen LogP contribution in [0.2, 0.25) is 5.02 Å². The molecule has 0 heterocycles. The SMILES string of the molecule is Cc1ccc(/C(C#N)=C\c2ccc(OCC(=O)Nc3ccc(F)cc3)c(Cl)c2)cc1. The Balaban J connectivity index is 1.66. The number of rotatable bonds is 6. The van der Waals surface area contributed by atoms with Crippen molar-refractivity contribution in [2.45, 2.75) is 6.92 Å². The van der Waals surface area contributed by atoms with E-state index in [0.29, 0.717) is 22.0 Å². The molecule has 6 heteroatoms. The number of halogens is 2. The summed E-state index contributed by atoms with van der Waals surface area (Å²) in [6.07, 6.45) is 1.74. The molecule has 0 aliphatic rings. The van der Waals surface area contributed by atoms with E-state index in [4.69, 9.17) is 16.3 Å². The van der Waals surface area contributed by atoms with Crippen molar-refractivity contribution in [3.05, 3.63) is 94.3 Å². The fourth-order valence-corrected chi connectivity index (χ4v) is 2.92. The van der Waals surface area contributed by atoms with Crippen molar-refractivity contribution in [1.82, 2.24) is 0 Å². The van der Waals surface area contributed by atoms with E-state index >= 15 is 0 Å². The minimum absolute atomic E-state index is 0.251. The summed E-state index contributed by atoms with van der Waals surface area (Å²) in [5.74, 6) is -0.434.